The molecule has 126 valence electrons. The third-order valence-electron chi connectivity index (χ3n) is 3.47. The van der Waals surface area contributed by atoms with Crippen LogP contribution in [0.25, 0.3) is 0 Å². The monoisotopic (exact) mass is 339 g/mol. The number of benzene rings is 1. The summed E-state index contributed by atoms with van der Waals surface area (Å²) < 4.78 is 11.1. The summed E-state index contributed by atoms with van der Waals surface area (Å²) in [7, 11) is 0. The summed E-state index contributed by atoms with van der Waals surface area (Å²) in [5, 5.41) is 5.42. The van der Waals surface area contributed by atoms with Crippen LogP contribution in [0.4, 0.5) is 10.5 Å². The standard InChI is InChI=1S/C15H21N3O4S/c1-15(2,13(16)19)8-17-14(20)18-9-6-10-11(7-12(9)23-3)22-5-4-21-10/h6-7H,4-5,8H2,1-3H3,(H2,16,19)(H2,17,18,20). The van der Waals surface area contributed by atoms with Gasteiger partial charge in [-0.3, -0.25) is 4.79 Å². The molecule has 0 spiro atoms. The summed E-state index contributed by atoms with van der Waals surface area (Å²) in [6, 6.07) is 3.16. The number of carbonyl (C=O) groups is 2. The van der Waals surface area contributed by atoms with Crippen molar-refractivity contribution in [2.75, 3.05) is 31.3 Å². The van der Waals surface area contributed by atoms with E-state index in [0.29, 0.717) is 30.4 Å². The van der Waals surface area contributed by atoms with Gasteiger partial charge in [0.05, 0.1) is 11.1 Å². The lowest BCUT2D eigenvalue weighted by Gasteiger charge is -2.22. The summed E-state index contributed by atoms with van der Waals surface area (Å²) in [4.78, 5) is 24.2. The van der Waals surface area contributed by atoms with E-state index in [1.165, 1.54) is 11.8 Å². The maximum Gasteiger partial charge on any atom is 0.319 e. The molecule has 0 radical (unpaired) electrons. The van der Waals surface area contributed by atoms with Crippen molar-refractivity contribution in [1.29, 1.82) is 0 Å². The number of ether oxygens (including phenoxy) is 2. The van der Waals surface area contributed by atoms with Crippen LogP contribution in [-0.2, 0) is 4.79 Å². The Bertz CT molecular complexity index is 619. The zero-order chi connectivity index (χ0) is 17.0. The number of primary amides is 1. The second kappa shape index (κ2) is 6.99. The molecule has 0 aliphatic carbocycles. The number of thioether (sulfide) groups is 1. The first kappa shape index (κ1) is 17.3. The van der Waals surface area contributed by atoms with Crippen LogP contribution in [0.1, 0.15) is 13.8 Å². The Kier molecular flexibility index (Phi) is 5.25. The van der Waals surface area contributed by atoms with Crippen LogP contribution in [-0.4, -0.2) is 38.0 Å². The molecular formula is C15H21N3O4S. The molecule has 0 aromatic heterocycles. The van der Waals surface area contributed by atoms with Crippen molar-refractivity contribution in [2.24, 2.45) is 11.1 Å². The third-order valence-corrected chi connectivity index (χ3v) is 4.25. The summed E-state index contributed by atoms with van der Waals surface area (Å²) in [5.41, 5.74) is 5.09. The van der Waals surface area contributed by atoms with Crippen molar-refractivity contribution in [2.45, 2.75) is 18.7 Å². The van der Waals surface area contributed by atoms with E-state index in [1.54, 1.807) is 19.9 Å². The maximum absolute atomic E-state index is 12.1. The lowest BCUT2D eigenvalue weighted by molar-refractivity contribution is -0.125. The fourth-order valence-electron chi connectivity index (χ4n) is 1.89. The summed E-state index contributed by atoms with van der Waals surface area (Å²) in [5.74, 6) is 0.796. The topological polar surface area (TPSA) is 103 Å². The number of amides is 3. The first-order valence-electron chi connectivity index (χ1n) is 7.16. The Morgan fingerprint density at radius 3 is 2.43 bits per heavy atom. The summed E-state index contributed by atoms with van der Waals surface area (Å²) in [6.07, 6.45) is 1.91. The molecule has 1 aliphatic heterocycles. The third kappa shape index (κ3) is 4.22. The van der Waals surface area contributed by atoms with Crippen LogP contribution in [0, 0.1) is 5.41 Å². The molecule has 0 saturated carbocycles. The average Bonchev–Trinajstić information content (AvgIpc) is 2.52. The summed E-state index contributed by atoms with van der Waals surface area (Å²) >= 11 is 1.49. The zero-order valence-corrected chi connectivity index (χ0v) is 14.2. The van der Waals surface area contributed by atoms with E-state index in [2.05, 4.69) is 10.6 Å². The van der Waals surface area contributed by atoms with E-state index in [4.69, 9.17) is 15.2 Å². The van der Waals surface area contributed by atoms with Gasteiger partial charge in [-0.2, -0.15) is 0 Å². The van der Waals surface area contributed by atoms with Crippen molar-refractivity contribution < 1.29 is 19.1 Å². The highest BCUT2D eigenvalue weighted by Gasteiger charge is 2.25. The highest BCUT2D eigenvalue weighted by molar-refractivity contribution is 7.98. The van der Waals surface area contributed by atoms with E-state index in [-0.39, 0.29) is 6.54 Å². The molecule has 7 nitrogen and oxygen atoms in total. The molecule has 0 saturated heterocycles. The molecule has 0 bridgehead atoms. The Morgan fingerprint density at radius 1 is 1.26 bits per heavy atom. The van der Waals surface area contributed by atoms with Gasteiger partial charge >= 0.3 is 6.03 Å². The smallest absolute Gasteiger partial charge is 0.319 e. The van der Waals surface area contributed by atoms with E-state index in [0.717, 1.165) is 4.90 Å². The van der Waals surface area contributed by atoms with E-state index in [1.807, 2.05) is 12.3 Å². The number of hydrogen-bond acceptors (Lipinski definition) is 5. The number of nitrogens with one attached hydrogen (secondary N) is 2. The van der Waals surface area contributed by atoms with Crippen molar-refractivity contribution in [3.8, 4) is 11.5 Å². The molecule has 1 aromatic rings. The minimum atomic E-state index is -0.813. The van der Waals surface area contributed by atoms with Gasteiger partial charge < -0.3 is 25.8 Å². The first-order chi connectivity index (χ1) is 10.8. The number of rotatable bonds is 5. The van der Waals surface area contributed by atoms with E-state index < -0.39 is 17.4 Å². The minimum absolute atomic E-state index is 0.146. The van der Waals surface area contributed by atoms with Crippen LogP contribution in [0.3, 0.4) is 0 Å². The summed E-state index contributed by atoms with van der Waals surface area (Å²) in [6.45, 7) is 4.48. The highest BCUT2D eigenvalue weighted by Crippen LogP contribution is 2.39. The molecule has 1 aliphatic rings. The molecule has 23 heavy (non-hydrogen) atoms. The second-order valence-corrected chi connectivity index (χ2v) is 6.60. The van der Waals surface area contributed by atoms with Crippen molar-refractivity contribution in [3.05, 3.63) is 12.1 Å². The average molecular weight is 339 g/mol. The van der Waals surface area contributed by atoms with Gasteiger partial charge in [0, 0.05) is 17.5 Å². The molecule has 3 amide bonds. The molecule has 0 atom stereocenters. The maximum atomic E-state index is 12.1. The van der Waals surface area contributed by atoms with Gasteiger partial charge in [-0.05, 0) is 26.2 Å². The number of urea groups is 1. The molecule has 0 fully saturated rings. The SMILES string of the molecule is CSc1cc2c(cc1NC(=O)NCC(C)(C)C(N)=O)OCCO2. The van der Waals surface area contributed by atoms with Gasteiger partial charge in [-0.15, -0.1) is 11.8 Å². The van der Waals surface area contributed by atoms with Crippen molar-refractivity contribution in [1.82, 2.24) is 5.32 Å². The van der Waals surface area contributed by atoms with Crippen molar-refractivity contribution in [3.63, 3.8) is 0 Å². The molecule has 0 unspecified atom stereocenters. The van der Waals surface area contributed by atoms with Gasteiger partial charge in [-0.1, -0.05) is 0 Å². The van der Waals surface area contributed by atoms with E-state index in [9.17, 15) is 9.59 Å². The van der Waals surface area contributed by atoms with E-state index >= 15 is 0 Å². The van der Waals surface area contributed by atoms with Crippen LogP contribution in [0.15, 0.2) is 17.0 Å². The Balaban J connectivity index is 2.07. The largest absolute Gasteiger partial charge is 0.486 e. The molecule has 1 aromatic carbocycles. The molecule has 1 heterocycles. The normalized spacial score (nSPS) is 13.3. The fraction of sp³-hybridized carbons (Fsp3) is 0.467. The molecule has 2 rings (SSSR count). The number of anilines is 1. The van der Waals surface area contributed by atoms with Gasteiger partial charge in [0.25, 0.3) is 0 Å². The number of carbonyl (C=O) groups excluding carboxylic acids is 2. The van der Waals surface area contributed by atoms with Crippen LogP contribution in [0.5, 0.6) is 11.5 Å². The Hall–Kier alpha value is -2.09. The number of hydrogen-bond donors (Lipinski definition) is 3. The zero-order valence-electron chi connectivity index (χ0n) is 13.4. The highest BCUT2D eigenvalue weighted by atomic mass is 32.2. The van der Waals surface area contributed by atoms with Crippen LogP contribution >= 0.6 is 11.8 Å². The lowest BCUT2D eigenvalue weighted by atomic mass is 9.93. The molecule has 4 N–H and O–H groups in total. The molecular weight excluding hydrogens is 318 g/mol. The van der Waals surface area contributed by atoms with Gasteiger partial charge in [0.15, 0.2) is 11.5 Å². The van der Waals surface area contributed by atoms with Gasteiger partial charge in [0.1, 0.15) is 13.2 Å². The molecule has 8 heteroatoms. The fourth-order valence-corrected chi connectivity index (χ4v) is 2.45. The second-order valence-electron chi connectivity index (χ2n) is 5.75. The minimum Gasteiger partial charge on any atom is -0.486 e. The van der Waals surface area contributed by atoms with Gasteiger partial charge in [-0.25, -0.2) is 4.79 Å². The Labute approximate surface area is 139 Å². The predicted octanol–water partition coefficient (Wildman–Crippen LogP) is 1.81. The van der Waals surface area contributed by atoms with Crippen LogP contribution in [0.2, 0.25) is 0 Å². The number of fused-ring (bicyclic) bond motifs is 1. The lowest BCUT2D eigenvalue weighted by Crippen LogP contribution is -2.43. The van der Waals surface area contributed by atoms with Crippen molar-refractivity contribution >= 4 is 29.4 Å². The number of nitrogens with two attached hydrogens (primary N) is 1. The first-order valence-corrected chi connectivity index (χ1v) is 8.38. The van der Waals surface area contributed by atoms with Gasteiger partial charge in [0.2, 0.25) is 5.91 Å². The van der Waals surface area contributed by atoms with Crippen LogP contribution < -0.4 is 25.8 Å². The predicted molar refractivity (Wildman–Crippen MR) is 89.2 cm³/mol. The Morgan fingerprint density at radius 2 is 1.87 bits per heavy atom. The quantitative estimate of drug-likeness (QED) is 0.710.